The van der Waals surface area contributed by atoms with Crippen LogP contribution in [0.5, 0.6) is 0 Å². The maximum Gasteiger partial charge on any atom is -0.00133 e. The second kappa shape index (κ2) is 6.56. The van der Waals surface area contributed by atoms with Gasteiger partial charge in [0, 0.05) is 0 Å². The molecular weight excluding hydrogens is 218 g/mol. The molecule has 0 saturated carbocycles. The summed E-state index contributed by atoms with van der Waals surface area (Å²) in [5, 5.41) is 0. The average Bonchev–Trinajstić information content (AvgIpc) is 2.35. The lowest BCUT2D eigenvalue weighted by Gasteiger charge is -2.45. The lowest BCUT2D eigenvalue weighted by Crippen LogP contribution is -2.41. The van der Waals surface area contributed by atoms with Gasteiger partial charge in [0.2, 0.25) is 0 Å². The zero-order valence-corrected chi connectivity index (χ0v) is 13.2. The van der Waals surface area contributed by atoms with E-state index in [0.717, 1.165) is 0 Å². The highest BCUT2D eigenvalue weighted by atomic mass is 15.1. The van der Waals surface area contributed by atoms with Crippen LogP contribution in [-0.2, 0) is 0 Å². The van der Waals surface area contributed by atoms with E-state index >= 15 is 0 Å². The number of hydrogen-bond acceptors (Lipinski definition) is 1. The molecule has 0 radical (unpaired) electrons. The van der Waals surface area contributed by atoms with Crippen molar-refractivity contribution in [2.45, 2.75) is 53.9 Å². The van der Waals surface area contributed by atoms with Gasteiger partial charge in [0.15, 0.2) is 0 Å². The van der Waals surface area contributed by atoms with Gasteiger partial charge in [-0.05, 0) is 57.7 Å². The largest absolute Gasteiger partial charge is 0.306 e. The van der Waals surface area contributed by atoms with Crippen molar-refractivity contribution in [3.63, 3.8) is 0 Å². The molecule has 0 atom stereocenters. The molecule has 0 aromatic rings. The van der Waals surface area contributed by atoms with Gasteiger partial charge in [-0.2, -0.15) is 0 Å². The second-order valence-electron chi connectivity index (χ2n) is 5.94. The highest BCUT2D eigenvalue weighted by molar-refractivity contribution is 5.35. The fraction of sp³-hybridized carbons (Fsp3) is 0.765. The Morgan fingerprint density at radius 2 is 1.72 bits per heavy atom. The van der Waals surface area contributed by atoms with Crippen LogP contribution in [0.3, 0.4) is 0 Å². The second-order valence-corrected chi connectivity index (χ2v) is 5.94. The van der Waals surface area contributed by atoms with Gasteiger partial charge in [0.05, 0.1) is 0 Å². The summed E-state index contributed by atoms with van der Waals surface area (Å²) >= 11 is 0. The molecule has 1 fully saturated rings. The number of hydrogen-bond donors (Lipinski definition) is 0. The molecule has 1 nitrogen and oxygen atoms in total. The van der Waals surface area contributed by atoms with Crippen LogP contribution in [0.25, 0.3) is 0 Å². The Morgan fingerprint density at radius 3 is 2.22 bits per heavy atom. The molecule has 1 spiro atoms. The third-order valence-electron chi connectivity index (χ3n) is 4.39. The van der Waals surface area contributed by atoms with Gasteiger partial charge in [-0.25, -0.2) is 0 Å². The summed E-state index contributed by atoms with van der Waals surface area (Å²) in [5.41, 5.74) is 3.77. The van der Waals surface area contributed by atoms with Crippen LogP contribution in [-0.4, -0.2) is 25.0 Å². The van der Waals surface area contributed by atoms with Crippen LogP contribution in [0.2, 0.25) is 0 Å². The normalized spacial score (nSPS) is 23.3. The van der Waals surface area contributed by atoms with E-state index in [0.29, 0.717) is 11.3 Å². The fourth-order valence-electron chi connectivity index (χ4n) is 3.67. The van der Waals surface area contributed by atoms with E-state index in [2.05, 4.69) is 44.9 Å². The molecule has 0 aromatic carbocycles. The van der Waals surface area contributed by atoms with Crippen LogP contribution in [0.15, 0.2) is 23.3 Å². The molecule has 0 aromatic heterocycles. The van der Waals surface area contributed by atoms with E-state index in [4.69, 9.17) is 0 Å². The monoisotopic (exact) mass is 249 g/mol. The molecule has 1 aliphatic carbocycles. The van der Waals surface area contributed by atoms with E-state index in [9.17, 15) is 0 Å². The Balaban J connectivity index is 0.000000771. The van der Waals surface area contributed by atoms with Crippen LogP contribution in [0.4, 0.5) is 0 Å². The van der Waals surface area contributed by atoms with E-state index in [1.807, 2.05) is 13.8 Å². The molecule has 1 heterocycles. The van der Waals surface area contributed by atoms with Crippen molar-refractivity contribution >= 4 is 0 Å². The van der Waals surface area contributed by atoms with Crippen molar-refractivity contribution in [1.29, 1.82) is 0 Å². The number of allylic oxidation sites excluding steroid dienone is 4. The summed E-state index contributed by atoms with van der Waals surface area (Å²) in [5.74, 6) is 0.702. The topological polar surface area (TPSA) is 3.24 Å². The zero-order valence-electron chi connectivity index (χ0n) is 13.2. The van der Waals surface area contributed by atoms with Crippen LogP contribution in [0, 0.1) is 11.3 Å². The van der Waals surface area contributed by atoms with E-state index in [1.54, 1.807) is 5.57 Å². The number of piperidine rings is 1. The van der Waals surface area contributed by atoms with Crippen molar-refractivity contribution in [2.24, 2.45) is 11.3 Å². The molecule has 1 saturated heterocycles. The summed E-state index contributed by atoms with van der Waals surface area (Å²) in [6, 6.07) is 0. The first kappa shape index (κ1) is 15.5. The number of rotatable bonds is 1. The fourth-order valence-corrected chi connectivity index (χ4v) is 3.67. The number of nitrogens with zero attached hydrogens (tertiary/aromatic N) is 1. The highest BCUT2D eigenvalue weighted by Crippen LogP contribution is 2.48. The van der Waals surface area contributed by atoms with Crippen LogP contribution < -0.4 is 0 Å². The average molecular weight is 249 g/mol. The van der Waals surface area contributed by atoms with Gasteiger partial charge in [0.1, 0.15) is 0 Å². The van der Waals surface area contributed by atoms with Crippen LogP contribution in [0.1, 0.15) is 53.9 Å². The molecule has 0 amide bonds. The van der Waals surface area contributed by atoms with Gasteiger partial charge in [-0.1, -0.05) is 51.0 Å². The minimum absolute atomic E-state index is 0.500. The Bertz CT molecular complexity index is 315. The van der Waals surface area contributed by atoms with Gasteiger partial charge in [0.25, 0.3) is 0 Å². The summed E-state index contributed by atoms with van der Waals surface area (Å²) in [6.07, 6.45) is 8.69. The maximum absolute atomic E-state index is 2.47. The van der Waals surface area contributed by atoms with Crippen molar-refractivity contribution in [2.75, 3.05) is 20.1 Å². The molecule has 104 valence electrons. The molecule has 1 heteroatoms. The van der Waals surface area contributed by atoms with Crippen molar-refractivity contribution in [3.05, 3.63) is 23.3 Å². The molecule has 2 rings (SSSR count). The molecule has 18 heavy (non-hydrogen) atoms. The molecule has 0 unspecified atom stereocenters. The van der Waals surface area contributed by atoms with Crippen molar-refractivity contribution < 1.29 is 0 Å². The van der Waals surface area contributed by atoms with E-state index in [-0.39, 0.29) is 0 Å². The Hall–Kier alpha value is -0.560. The first-order valence-electron chi connectivity index (χ1n) is 7.61. The molecule has 1 aliphatic heterocycles. The molecule has 0 N–H and O–H groups in total. The predicted molar refractivity (Wildman–Crippen MR) is 81.8 cm³/mol. The molecular formula is C17H31N. The standard InChI is InChI=1S/C15H25N.C2H6/c1-12(2)14-13(3)6-5-7-15(14)8-10-16(4)11-9-15;1-2/h5-6,12H,7-11H2,1-4H3;1-2H3. The van der Waals surface area contributed by atoms with E-state index in [1.165, 1.54) is 37.9 Å². The van der Waals surface area contributed by atoms with Crippen LogP contribution >= 0.6 is 0 Å². The van der Waals surface area contributed by atoms with Gasteiger partial charge in [-0.3, -0.25) is 0 Å². The lowest BCUT2D eigenvalue weighted by atomic mass is 9.63. The third-order valence-corrected chi connectivity index (χ3v) is 4.39. The van der Waals surface area contributed by atoms with Crippen molar-refractivity contribution in [1.82, 2.24) is 4.90 Å². The Labute approximate surface area is 114 Å². The quantitative estimate of drug-likeness (QED) is 0.653. The predicted octanol–water partition coefficient (Wildman–Crippen LogP) is 4.66. The first-order valence-corrected chi connectivity index (χ1v) is 7.61. The molecule has 0 bridgehead atoms. The van der Waals surface area contributed by atoms with Gasteiger partial charge >= 0.3 is 0 Å². The summed E-state index contributed by atoms with van der Waals surface area (Å²) < 4.78 is 0. The summed E-state index contributed by atoms with van der Waals surface area (Å²) in [4.78, 5) is 2.47. The first-order chi connectivity index (χ1) is 8.55. The lowest BCUT2D eigenvalue weighted by molar-refractivity contribution is 0.145. The maximum atomic E-state index is 2.47. The molecule has 2 aliphatic rings. The Kier molecular flexibility index (Phi) is 5.65. The SMILES string of the molecule is CC.CC1=C(C(C)C)C2(CC=C1)CCN(C)CC2. The van der Waals surface area contributed by atoms with E-state index < -0.39 is 0 Å². The van der Waals surface area contributed by atoms with Crippen molar-refractivity contribution in [3.8, 4) is 0 Å². The number of likely N-dealkylation sites (tertiary alicyclic amines) is 1. The third kappa shape index (κ3) is 3.06. The summed E-state index contributed by atoms with van der Waals surface area (Å²) in [7, 11) is 2.25. The zero-order chi connectivity index (χ0) is 13.8. The minimum Gasteiger partial charge on any atom is -0.306 e. The highest BCUT2D eigenvalue weighted by Gasteiger charge is 2.39. The van der Waals surface area contributed by atoms with Gasteiger partial charge in [-0.15, -0.1) is 0 Å². The Morgan fingerprint density at radius 1 is 1.17 bits per heavy atom. The smallest absolute Gasteiger partial charge is 0.00133 e. The van der Waals surface area contributed by atoms with Gasteiger partial charge < -0.3 is 4.90 Å². The minimum atomic E-state index is 0.500. The summed E-state index contributed by atoms with van der Waals surface area (Å²) in [6.45, 7) is 13.5.